The Morgan fingerprint density at radius 3 is 2.61 bits per heavy atom. The van der Waals surface area contributed by atoms with Crippen LogP contribution >= 0.6 is 0 Å². The first-order valence-corrected chi connectivity index (χ1v) is 10.1. The SMILES string of the molecule is CCN(CC)CCOc1cc(NC(=O)c2cc3cccc([N+](=O)[O-])c3[nH]2)ccc1OC. The van der Waals surface area contributed by atoms with E-state index in [1.54, 1.807) is 43.5 Å². The van der Waals surface area contributed by atoms with Crippen molar-refractivity contribution in [3.05, 3.63) is 58.3 Å². The normalized spacial score (nSPS) is 11.0. The summed E-state index contributed by atoms with van der Waals surface area (Å²) in [6.07, 6.45) is 0. The summed E-state index contributed by atoms with van der Waals surface area (Å²) in [5.74, 6) is 0.684. The molecule has 1 heterocycles. The van der Waals surface area contributed by atoms with Crippen LogP contribution in [0.1, 0.15) is 24.3 Å². The Hall–Kier alpha value is -3.59. The number of benzene rings is 2. The molecule has 9 heteroatoms. The molecular formula is C22H26N4O5. The Kier molecular flexibility index (Phi) is 7.09. The van der Waals surface area contributed by atoms with Crippen molar-refractivity contribution in [2.75, 3.05) is 38.7 Å². The fourth-order valence-corrected chi connectivity index (χ4v) is 3.30. The number of rotatable bonds is 10. The molecule has 31 heavy (non-hydrogen) atoms. The molecule has 9 nitrogen and oxygen atoms in total. The van der Waals surface area contributed by atoms with Gasteiger partial charge < -0.3 is 24.7 Å². The van der Waals surface area contributed by atoms with E-state index < -0.39 is 10.8 Å². The second kappa shape index (κ2) is 9.94. The van der Waals surface area contributed by atoms with Gasteiger partial charge in [-0.1, -0.05) is 26.0 Å². The van der Waals surface area contributed by atoms with Crippen molar-refractivity contribution in [3.63, 3.8) is 0 Å². The monoisotopic (exact) mass is 426 g/mol. The molecule has 0 fully saturated rings. The maximum Gasteiger partial charge on any atom is 0.293 e. The van der Waals surface area contributed by atoms with E-state index in [2.05, 4.69) is 29.0 Å². The van der Waals surface area contributed by atoms with Crippen LogP contribution in [0.3, 0.4) is 0 Å². The zero-order chi connectivity index (χ0) is 22.4. The van der Waals surface area contributed by atoms with Gasteiger partial charge in [-0.15, -0.1) is 0 Å². The number of para-hydroxylation sites is 1. The number of likely N-dealkylation sites (N-methyl/N-ethyl adjacent to an activating group) is 1. The number of carbonyl (C=O) groups excluding carboxylic acids is 1. The zero-order valence-corrected chi connectivity index (χ0v) is 17.8. The average Bonchev–Trinajstić information content (AvgIpc) is 3.21. The second-order valence-electron chi connectivity index (χ2n) is 6.88. The van der Waals surface area contributed by atoms with Gasteiger partial charge in [0.25, 0.3) is 11.6 Å². The number of nitro benzene ring substituents is 1. The molecule has 1 amide bonds. The Labute approximate surface area is 180 Å². The molecule has 0 saturated carbocycles. The van der Waals surface area contributed by atoms with Crippen LogP contribution in [0, 0.1) is 10.1 Å². The summed E-state index contributed by atoms with van der Waals surface area (Å²) in [6.45, 7) is 7.34. The molecule has 0 radical (unpaired) electrons. The third-order valence-corrected chi connectivity index (χ3v) is 5.06. The molecular weight excluding hydrogens is 400 g/mol. The number of H-pyrrole nitrogens is 1. The van der Waals surface area contributed by atoms with Gasteiger partial charge in [0.1, 0.15) is 17.8 Å². The van der Waals surface area contributed by atoms with Crippen molar-refractivity contribution in [2.45, 2.75) is 13.8 Å². The number of fused-ring (bicyclic) bond motifs is 1. The summed E-state index contributed by atoms with van der Waals surface area (Å²) in [5.41, 5.74) is 0.985. The van der Waals surface area contributed by atoms with Gasteiger partial charge in [0.15, 0.2) is 11.5 Å². The summed E-state index contributed by atoms with van der Waals surface area (Å²) < 4.78 is 11.2. The van der Waals surface area contributed by atoms with Crippen LogP contribution in [0.5, 0.6) is 11.5 Å². The topological polar surface area (TPSA) is 110 Å². The number of anilines is 1. The maximum absolute atomic E-state index is 12.7. The lowest BCUT2D eigenvalue weighted by molar-refractivity contribution is -0.383. The number of hydrogen-bond acceptors (Lipinski definition) is 6. The Morgan fingerprint density at radius 2 is 1.94 bits per heavy atom. The summed E-state index contributed by atoms with van der Waals surface area (Å²) in [4.78, 5) is 28.5. The summed E-state index contributed by atoms with van der Waals surface area (Å²) in [5, 5.41) is 14.6. The van der Waals surface area contributed by atoms with Crippen molar-refractivity contribution in [1.29, 1.82) is 0 Å². The minimum Gasteiger partial charge on any atom is -0.493 e. The quantitative estimate of drug-likeness (QED) is 0.374. The van der Waals surface area contributed by atoms with E-state index in [-0.39, 0.29) is 11.4 Å². The first-order chi connectivity index (χ1) is 15.0. The molecule has 3 rings (SSSR count). The number of non-ortho nitro benzene ring substituents is 1. The van der Waals surface area contributed by atoms with E-state index in [1.165, 1.54) is 6.07 Å². The highest BCUT2D eigenvalue weighted by Gasteiger charge is 2.17. The highest BCUT2D eigenvalue weighted by Crippen LogP contribution is 2.31. The Balaban J connectivity index is 1.76. The number of carbonyl (C=O) groups is 1. The smallest absolute Gasteiger partial charge is 0.293 e. The fraction of sp³-hybridized carbons (Fsp3) is 0.318. The van der Waals surface area contributed by atoms with Crippen LogP contribution in [0.2, 0.25) is 0 Å². The summed E-state index contributed by atoms with van der Waals surface area (Å²) in [7, 11) is 1.56. The molecule has 0 spiro atoms. The van der Waals surface area contributed by atoms with Crippen LogP contribution in [0.25, 0.3) is 10.9 Å². The van der Waals surface area contributed by atoms with Crippen LogP contribution in [0.15, 0.2) is 42.5 Å². The van der Waals surface area contributed by atoms with E-state index in [0.29, 0.717) is 34.7 Å². The highest BCUT2D eigenvalue weighted by molar-refractivity contribution is 6.07. The standard InChI is InChI=1S/C22H26N4O5/c1-4-25(5-2)11-12-31-20-14-16(9-10-19(20)30-3)23-22(27)17-13-15-7-6-8-18(26(28)29)21(15)24-17/h6-10,13-14,24H,4-5,11-12H2,1-3H3,(H,23,27). The number of nitrogens with zero attached hydrogens (tertiary/aromatic N) is 2. The first kappa shape index (κ1) is 22.1. The number of aromatic amines is 1. The van der Waals surface area contributed by atoms with Gasteiger partial charge in [0.2, 0.25) is 0 Å². The molecule has 1 aromatic heterocycles. The van der Waals surface area contributed by atoms with Gasteiger partial charge in [0, 0.05) is 29.8 Å². The number of ether oxygens (including phenoxy) is 2. The number of hydrogen-bond donors (Lipinski definition) is 2. The van der Waals surface area contributed by atoms with Gasteiger partial charge in [-0.25, -0.2) is 0 Å². The molecule has 2 N–H and O–H groups in total. The third-order valence-electron chi connectivity index (χ3n) is 5.06. The maximum atomic E-state index is 12.7. The Morgan fingerprint density at radius 1 is 1.16 bits per heavy atom. The average molecular weight is 426 g/mol. The second-order valence-corrected chi connectivity index (χ2v) is 6.88. The number of nitro groups is 1. The molecule has 0 bridgehead atoms. The van der Waals surface area contributed by atoms with Crippen molar-refractivity contribution >= 4 is 28.2 Å². The van der Waals surface area contributed by atoms with Gasteiger partial charge in [-0.2, -0.15) is 0 Å². The van der Waals surface area contributed by atoms with Crippen molar-refractivity contribution < 1.29 is 19.2 Å². The fourth-order valence-electron chi connectivity index (χ4n) is 3.30. The minimum absolute atomic E-state index is 0.0788. The molecule has 2 aromatic carbocycles. The van der Waals surface area contributed by atoms with E-state index in [0.717, 1.165) is 19.6 Å². The molecule has 3 aromatic rings. The van der Waals surface area contributed by atoms with Gasteiger partial charge in [0.05, 0.1) is 12.0 Å². The molecule has 0 atom stereocenters. The number of nitrogens with one attached hydrogen (secondary N) is 2. The molecule has 0 aliphatic rings. The predicted molar refractivity (Wildman–Crippen MR) is 119 cm³/mol. The van der Waals surface area contributed by atoms with Gasteiger partial charge in [-0.3, -0.25) is 14.9 Å². The number of methoxy groups -OCH3 is 1. The lowest BCUT2D eigenvalue weighted by Crippen LogP contribution is -2.28. The van der Waals surface area contributed by atoms with Crippen molar-refractivity contribution in [2.24, 2.45) is 0 Å². The van der Waals surface area contributed by atoms with Gasteiger partial charge in [-0.05, 0) is 31.3 Å². The van der Waals surface area contributed by atoms with Crippen LogP contribution in [-0.2, 0) is 0 Å². The zero-order valence-electron chi connectivity index (χ0n) is 17.8. The lowest BCUT2D eigenvalue weighted by Gasteiger charge is -2.19. The molecule has 0 aliphatic heterocycles. The van der Waals surface area contributed by atoms with Crippen molar-refractivity contribution in [3.8, 4) is 11.5 Å². The highest BCUT2D eigenvalue weighted by atomic mass is 16.6. The number of aromatic nitrogens is 1. The predicted octanol–water partition coefficient (Wildman–Crippen LogP) is 4.06. The molecule has 0 aliphatic carbocycles. The number of amides is 1. The first-order valence-electron chi connectivity index (χ1n) is 10.1. The van der Waals surface area contributed by atoms with E-state index in [9.17, 15) is 14.9 Å². The minimum atomic E-state index is -0.480. The van der Waals surface area contributed by atoms with Crippen LogP contribution in [-0.4, -0.2) is 54.1 Å². The summed E-state index contributed by atoms with van der Waals surface area (Å²) in [6, 6.07) is 11.4. The molecule has 164 valence electrons. The van der Waals surface area contributed by atoms with E-state index >= 15 is 0 Å². The third kappa shape index (κ3) is 5.13. The van der Waals surface area contributed by atoms with Crippen molar-refractivity contribution in [1.82, 2.24) is 9.88 Å². The Bertz CT molecular complexity index is 1070. The molecule has 0 unspecified atom stereocenters. The van der Waals surface area contributed by atoms with Gasteiger partial charge >= 0.3 is 0 Å². The molecule has 0 saturated heterocycles. The lowest BCUT2D eigenvalue weighted by atomic mass is 10.2. The van der Waals surface area contributed by atoms with E-state index in [1.807, 2.05) is 0 Å². The van der Waals surface area contributed by atoms with Crippen LogP contribution < -0.4 is 14.8 Å². The van der Waals surface area contributed by atoms with E-state index in [4.69, 9.17) is 9.47 Å². The largest absolute Gasteiger partial charge is 0.493 e. The summed E-state index contributed by atoms with van der Waals surface area (Å²) >= 11 is 0. The van der Waals surface area contributed by atoms with Crippen LogP contribution in [0.4, 0.5) is 11.4 Å².